The van der Waals surface area contributed by atoms with Crippen molar-refractivity contribution < 1.29 is 0 Å². The van der Waals surface area contributed by atoms with Crippen LogP contribution in [-0.2, 0) is 0 Å². The molecule has 1 aromatic rings. The normalized spacial score (nSPS) is 14.7. The molecule has 0 saturated carbocycles. The highest BCUT2D eigenvalue weighted by molar-refractivity contribution is 5.26. The van der Waals surface area contributed by atoms with Gasteiger partial charge in [-0.3, -0.25) is 4.90 Å². The summed E-state index contributed by atoms with van der Waals surface area (Å²) in [6, 6.07) is 9.32. The summed E-state index contributed by atoms with van der Waals surface area (Å²) in [6.07, 6.45) is 2.16. The molecule has 0 aliphatic carbocycles. The Kier molecular flexibility index (Phi) is 7.94. The first-order valence-electron chi connectivity index (χ1n) is 8.20. The number of nitrogens with two attached hydrogens (primary N) is 1. The van der Waals surface area contributed by atoms with Crippen molar-refractivity contribution >= 4 is 0 Å². The molecular formula is C18H33N3. The SMILES string of the molecule is CCCN(CCN(C)C)C(c1cccc(C)c1)C(N)CC. The molecular weight excluding hydrogens is 258 g/mol. The van der Waals surface area contributed by atoms with Crippen LogP contribution in [-0.4, -0.2) is 49.6 Å². The van der Waals surface area contributed by atoms with E-state index in [9.17, 15) is 0 Å². The average molecular weight is 291 g/mol. The fraction of sp³-hybridized carbons (Fsp3) is 0.667. The highest BCUT2D eigenvalue weighted by atomic mass is 15.2. The molecule has 0 amide bonds. The van der Waals surface area contributed by atoms with Gasteiger partial charge < -0.3 is 10.6 Å². The van der Waals surface area contributed by atoms with Gasteiger partial charge in [0, 0.05) is 25.2 Å². The van der Waals surface area contributed by atoms with Crippen LogP contribution in [0, 0.1) is 6.92 Å². The van der Waals surface area contributed by atoms with Gasteiger partial charge in [0.05, 0.1) is 0 Å². The molecule has 0 heterocycles. The molecule has 0 spiro atoms. The quantitative estimate of drug-likeness (QED) is 0.759. The zero-order chi connectivity index (χ0) is 15.8. The number of rotatable bonds is 9. The average Bonchev–Trinajstić information content (AvgIpc) is 2.44. The van der Waals surface area contributed by atoms with E-state index in [0.29, 0.717) is 6.04 Å². The minimum atomic E-state index is 0.181. The van der Waals surface area contributed by atoms with E-state index >= 15 is 0 Å². The summed E-state index contributed by atoms with van der Waals surface area (Å²) in [4.78, 5) is 4.80. The lowest BCUT2D eigenvalue weighted by Crippen LogP contribution is -2.43. The number of nitrogens with zero attached hydrogens (tertiary/aromatic N) is 2. The minimum Gasteiger partial charge on any atom is -0.326 e. The van der Waals surface area contributed by atoms with Crippen molar-refractivity contribution in [2.24, 2.45) is 5.73 Å². The number of hydrogen-bond donors (Lipinski definition) is 1. The van der Waals surface area contributed by atoms with Crippen molar-refractivity contribution in [1.82, 2.24) is 9.80 Å². The summed E-state index contributed by atoms with van der Waals surface area (Å²) >= 11 is 0. The molecule has 0 aliphatic heterocycles. The summed E-state index contributed by atoms with van der Waals surface area (Å²) in [6.45, 7) is 9.81. The number of hydrogen-bond acceptors (Lipinski definition) is 3. The van der Waals surface area contributed by atoms with Gasteiger partial charge in [-0.25, -0.2) is 0 Å². The highest BCUT2D eigenvalue weighted by Crippen LogP contribution is 2.26. The molecule has 0 aliphatic rings. The molecule has 3 heteroatoms. The Labute approximate surface area is 131 Å². The molecule has 21 heavy (non-hydrogen) atoms. The van der Waals surface area contributed by atoms with Crippen LogP contribution >= 0.6 is 0 Å². The predicted octanol–water partition coefficient (Wildman–Crippen LogP) is 3.05. The van der Waals surface area contributed by atoms with Gasteiger partial charge in [0.25, 0.3) is 0 Å². The summed E-state index contributed by atoms with van der Waals surface area (Å²) < 4.78 is 0. The van der Waals surface area contributed by atoms with Crippen molar-refractivity contribution in [1.29, 1.82) is 0 Å². The maximum atomic E-state index is 6.48. The molecule has 0 fully saturated rings. The van der Waals surface area contributed by atoms with E-state index < -0.39 is 0 Å². The van der Waals surface area contributed by atoms with Gasteiger partial charge in [-0.2, -0.15) is 0 Å². The Morgan fingerprint density at radius 2 is 1.81 bits per heavy atom. The Bertz CT molecular complexity index is 403. The van der Waals surface area contributed by atoms with Gasteiger partial charge in [0.15, 0.2) is 0 Å². The van der Waals surface area contributed by atoms with E-state index in [1.54, 1.807) is 0 Å². The Hall–Kier alpha value is -0.900. The van der Waals surface area contributed by atoms with Crippen LogP contribution < -0.4 is 5.73 Å². The second kappa shape index (κ2) is 9.19. The van der Waals surface area contributed by atoms with Gasteiger partial charge in [0.1, 0.15) is 0 Å². The smallest absolute Gasteiger partial charge is 0.0499 e. The Morgan fingerprint density at radius 3 is 2.33 bits per heavy atom. The number of benzene rings is 1. The topological polar surface area (TPSA) is 32.5 Å². The number of aryl methyl sites for hydroxylation is 1. The second-order valence-corrected chi connectivity index (χ2v) is 6.27. The summed E-state index contributed by atoms with van der Waals surface area (Å²) in [5.41, 5.74) is 9.15. The van der Waals surface area contributed by atoms with Crippen LogP contribution in [0.4, 0.5) is 0 Å². The van der Waals surface area contributed by atoms with E-state index in [2.05, 4.69) is 68.9 Å². The summed E-state index contributed by atoms with van der Waals surface area (Å²) in [7, 11) is 4.26. The third-order valence-electron chi connectivity index (χ3n) is 4.00. The molecule has 0 aromatic heterocycles. The molecule has 0 bridgehead atoms. The van der Waals surface area contributed by atoms with Crippen molar-refractivity contribution in [2.45, 2.75) is 45.7 Å². The number of likely N-dealkylation sites (N-methyl/N-ethyl adjacent to an activating group) is 1. The lowest BCUT2D eigenvalue weighted by Gasteiger charge is -2.36. The monoisotopic (exact) mass is 291 g/mol. The van der Waals surface area contributed by atoms with Crippen molar-refractivity contribution in [2.75, 3.05) is 33.7 Å². The summed E-state index contributed by atoms with van der Waals surface area (Å²) in [5.74, 6) is 0. The largest absolute Gasteiger partial charge is 0.326 e. The third-order valence-corrected chi connectivity index (χ3v) is 4.00. The van der Waals surface area contributed by atoms with E-state index in [4.69, 9.17) is 5.73 Å². The van der Waals surface area contributed by atoms with Crippen molar-refractivity contribution in [3.05, 3.63) is 35.4 Å². The van der Waals surface area contributed by atoms with Gasteiger partial charge in [-0.1, -0.05) is 43.7 Å². The van der Waals surface area contributed by atoms with Gasteiger partial charge in [0.2, 0.25) is 0 Å². The first-order chi connectivity index (χ1) is 9.99. The molecule has 1 aromatic carbocycles. The highest BCUT2D eigenvalue weighted by Gasteiger charge is 2.25. The van der Waals surface area contributed by atoms with Crippen LogP contribution in [0.25, 0.3) is 0 Å². The zero-order valence-corrected chi connectivity index (χ0v) is 14.5. The summed E-state index contributed by atoms with van der Waals surface area (Å²) in [5, 5.41) is 0. The lowest BCUT2D eigenvalue weighted by molar-refractivity contribution is 0.155. The van der Waals surface area contributed by atoms with Crippen LogP contribution in [0.5, 0.6) is 0 Å². The predicted molar refractivity (Wildman–Crippen MR) is 92.6 cm³/mol. The lowest BCUT2D eigenvalue weighted by atomic mass is 9.95. The third kappa shape index (κ3) is 5.77. The van der Waals surface area contributed by atoms with Gasteiger partial charge in [-0.05, 0) is 46.0 Å². The molecule has 1 rings (SSSR count). The van der Waals surface area contributed by atoms with Gasteiger partial charge >= 0.3 is 0 Å². The van der Waals surface area contributed by atoms with Crippen molar-refractivity contribution in [3.63, 3.8) is 0 Å². The Morgan fingerprint density at radius 1 is 1.10 bits per heavy atom. The fourth-order valence-corrected chi connectivity index (χ4v) is 2.81. The van der Waals surface area contributed by atoms with E-state index in [1.807, 2.05) is 0 Å². The molecule has 0 saturated heterocycles. The van der Waals surface area contributed by atoms with Crippen LogP contribution in [0.3, 0.4) is 0 Å². The molecule has 0 radical (unpaired) electrons. The molecule has 120 valence electrons. The Balaban J connectivity index is 3.01. The second-order valence-electron chi connectivity index (χ2n) is 6.27. The maximum Gasteiger partial charge on any atom is 0.0499 e. The standard InChI is InChI=1S/C18H33N3/c1-6-11-21(13-12-20(4)5)18(17(19)7-2)16-10-8-9-15(3)14-16/h8-10,14,17-18H,6-7,11-13,19H2,1-5H3. The molecule has 2 unspecified atom stereocenters. The first kappa shape index (κ1) is 18.1. The fourth-order valence-electron chi connectivity index (χ4n) is 2.81. The van der Waals surface area contributed by atoms with Crippen LogP contribution in [0.15, 0.2) is 24.3 Å². The van der Waals surface area contributed by atoms with Crippen LogP contribution in [0.1, 0.15) is 43.9 Å². The maximum absolute atomic E-state index is 6.48. The molecule has 2 N–H and O–H groups in total. The van der Waals surface area contributed by atoms with E-state index in [1.165, 1.54) is 11.1 Å². The van der Waals surface area contributed by atoms with Crippen LogP contribution in [0.2, 0.25) is 0 Å². The van der Waals surface area contributed by atoms with E-state index in [0.717, 1.165) is 32.5 Å². The van der Waals surface area contributed by atoms with Gasteiger partial charge in [-0.15, -0.1) is 0 Å². The molecule has 3 nitrogen and oxygen atoms in total. The van der Waals surface area contributed by atoms with Crippen molar-refractivity contribution in [3.8, 4) is 0 Å². The molecule has 2 atom stereocenters. The minimum absolute atomic E-state index is 0.181. The van der Waals surface area contributed by atoms with E-state index in [-0.39, 0.29) is 6.04 Å². The first-order valence-corrected chi connectivity index (χ1v) is 8.20. The zero-order valence-electron chi connectivity index (χ0n) is 14.5.